The number of aromatic nitrogens is 4. The van der Waals surface area contributed by atoms with Crippen molar-refractivity contribution in [3.63, 3.8) is 0 Å². The summed E-state index contributed by atoms with van der Waals surface area (Å²) in [4.78, 5) is 15.2. The second-order valence-corrected chi connectivity index (χ2v) is 14.6. The summed E-state index contributed by atoms with van der Waals surface area (Å²) in [5.74, 6) is 1.47. The van der Waals surface area contributed by atoms with Crippen LogP contribution in [0, 0.1) is 0 Å². The molecule has 0 unspecified atom stereocenters. The van der Waals surface area contributed by atoms with Gasteiger partial charge >= 0.3 is 0 Å². The molecule has 0 aliphatic rings. The fourth-order valence-electron chi connectivity index (χ4n) is 7.59. The third-order valence-electron chi connectivity index (χ3n) is 10.2. The molecule has 0 bridgehead atoms. The van der Waals surface area contributed by atoms with E-state index in [0.717, 1.165) is 53.6 Å². The van der Waals surface area contributed by atoms with E-state index in [4.69, 9.17) is 20.4 Å². The molecule has 3 heterocycles. The fraction of sp³-hybridized carbons (Fsp3) is 0. The first-order valence-corrected chi connectivity index (χ1v) is 19.1. The topological polar surface area (TPSA) is 43.6 Å². The molecule has 262 valence electrons. The van der Waals surface area contributed by atoms with Gasteiger partial charge in [0.15, 0.2) is 17.5 Å². The first-order chi connectivity index (χ1) is 30.2. The van der Waals surface area contributed by atoms with Crippen LogP contribution < -0.4 is 0 Å². The number of nitrogens with zero attached hydrogens (tertiary/aromatic N) is 4. The van der Waals surface area contributed by atoms with Gasteiger partial charge in [0.25, 0.3) is 0 Å². The lowest BCUT2D eigenvalue weighted by molar-refractivity contribution is 1.07. The molecule has 3 aromatic heterocycles. The van der Waals surface area contributed by atoms with Crippen LogP contribution in [0.5, 0.6) is 0 Å². The minimum Gasteiger partial charge on any atom is -0.309 e. The van der Waals surface area contributed by atoms with E-state index < -0.39 is 0 Å². The summed E-state index contributed by atoms with van der Waals surface area (Å²) in [5, 5.41) is 2.61. The maximum atomic E-state index is 9.23. The maximum absolute atomic E-state index is 9.23. The van der Waals surface area contributed by atoms with Crippen molar-refractivity contribution in [2.24, 2.45) is 0 Å². The molecule has 0 radical (unpaired) electrons. The Morgan fingerprint density at radius 3 is 1.64 bits per heavy atom. The molecule has 0 aliphatic carbocycles. The summed E-state index contributed by atoms with van der Waals surface area (Å²) in [6, 6.07) is 50.6. The third kappa shape index (κ3) is 5.40. The molecule has 0 aliphatic heterocycles. The van der Waals surface area contributed by atoms with Gasteiger partial charge in [-0.1, -0.05) is 158 Å². The predicted octanol–water partition coefficient (Wildman–Crippen LogP) is 13.7. The molecule has 0 amide bonds. The van der Waals surface area contributed by atoms with E-state index >= 15 is 0 Å². The number of rotatable bonds is 6. The van der Waals surface area contributed by atoms with Crippen LogP contribution in [0.3, 0.4) is 0 Å². The Morgan fingerprint density at radius 2 is 0.946 bits per heavy atom. The first-order valence-electron chi connectivity index (χ1n) is 21.3. The Labute approximate surface area is 336 Å². The van der Waals surface area contributed by atoms with Crippen molar-refractivity contribution in [2.45, 2.75) is 0 Å². The minimum atomic E-state index is -0.164. The summed E-state index contributed by atoms with van der Waals surface area (Å²) < 4.78 is 57.6. The van der Waals surface area contributed by atoms with Crippen LogP contribution in [0.1, 0.15) is 8.22 Å². The molecule has 5 heteroatoms. The Morgan fingerprint density at radius 1 is 0.411 bits per heavy atom. The van der Waals surface area contributed by atoms with Crippen molar-refractivity contribution in [2.75, 3.05) is 0 Å². The van der Waals surface area contributed by atoms with Gasteiger partial charge in [0.1, 0.15) is 0 Å². The van der Waals surface area contributed by atoms with Crippen molar-refractivity contribution in [3.8, 4) is 62.1 Å². The number of para-hydroxylation sites is 2. The van der Waals surface area contributed by atoms with Crippen molar-refractivity contribution in [1.29, 1.82) is 0 Å². The second kappa shape index (κ2) is 13.3. The summed E-state index contributed by atoms with van der Waals surface area (Å²) in [7, 11) is 0. The molecule has 56 heavy (non-hydrogen) atoms. The standard InChI is InChI=1S/C51H32N4S/c1-3-14-33(15-4-1)34-26-28-36(29-27-34)50-52-49(35-16-5-2-6-17-35)53-51(54-50)37-30-31-46(55-44-23-10-7-18-38(44)39-19-8-11-24-45(39)55)43(32-37)42-22-13-21-41-40-20-9-12-25-47(40)56-48(41)42/h1-32H/i7D,8D,18D,19D,23D,24D. The van der Waals surface area contributed by atoms with Gasteiger partial charge in [-0.2, -0.15) is 0 Å². The lowest BCUT2D eigenvalue weighted by atomic mass is 9.98. The average Bonchev–Trinajstić information content (AvgIpc) is 3.88. The van der Waals surface area contributed by atoms with Crippen molar-refractivity contribution in [1.82, 2.24) is 19.5 Å². The molecule has 4 nitrogen and oxygen atoms in total. The Balaban J connectivity index is 1.20. The molecule has 11 aromatic rings. The molecule has 0 saturated heterocycles. The lowest BCUT2D eigenvalue weighted by Crippen LogP contribution is -2.02. The van der Waals surface area contributed by atoms with Gasteiger partial charge in [0.2, 0.25) is 0 Å². The molecule has 0 atom stereocenters. The van der Waals surface area contributed by atoms with Crippen LogP contribution in [0.15, 0.2) is 194 Å². The van der Waals surface area contributed by atoms with Gasteiger partial charge in [0, 0.05) is 58.8 Å². The predicted molar refractivity (Wildman–Crippen MR) is 234 cm³/mol. The van der Waals surface area contributed by atoms with E-state index in [9.17, 15) is 2.74 Å². The van der Waals surface area contributed by atoms with Crippen LogP contribution in [-0.4, -0.2) is 19.5 Å². The van der Waals surface area contributed by atoms with Gasteiger partial charge in [0.05, 0.1) is 24.9 Å². The first kappa shape index (κ1) is 26.5. The highest BCUT2D eigenvalue weighted by Gasteiger charge is 2.20. The highest BCUT2D eigenvalue weighted by atomic mass is 32.1. The van der Waals surface area contributed by atoms with Crippen LogP contribution >= 0.6 is 11.3 Å². The zero-order valence-corrected chi connectivity index (χ0v) is 30.5. The smallest absolute Gasteiger partial charge is 0.164 e. The van der Waals surface area contributed by atoms with Gasteiger partial charge in [-0.05, 0) is 47.5 Å². The van der Waals surface area contributed by atoms with E-state index in [1.165, 1.54) is 12.1 Å². The van der Waals surface area contributed by atoms with Crippen molar-refractivity contribution >= 4 is 53.3 Å². The molecule has 0 N–H and O–H groups in total. The highest BCUT2D eigenvalue weighted by molar-refractivity contribution is 7.26. The SMILES string of the molecule is [2H]c1cc([2H])c2c(c1[2H])c1c([2H])c([2H])cc([2H])c1n2-c1ccc(-c2nc(-c3ccccc3)nc(-c3ccc(-c4ccccc4)cc3)n2)cc1-c1cccc2c1sc1ccccc12. The zero-order valence-electron chi connectivity index (χ0n) is 35.7. The van der Waals surface area contributed by atoms with E-state index in [1.54, 1.807) is 15.9 Å². The number of benzene rings is 8. The quantitative estimate of drug-likeness (QED) is 0.171. The van der Waals surface area contributed by atoms with Crippen LogP contribution in [0.4, 0.5) is 0 Å². The number of hydrogen-bond donors (Lipinski definition) is 0. The maximum Gasteiger partial charge on any atom is 0.164 e. The van der Waals surface area contributed by atoms with E-state index in [0.29, 0.717) is 39.8 Å². The van der Waals surface area contributed by atoms with Gasteiger partial charge in [-0.25, -0.2) is 15.0 Å². The number of hydrogen-bond acceptors (Lipinski definition) is 4. The summed E-state index contributed by atoms with van der Waals surface area (Å²) >= 11 is 1.68. The Bertz CT molecular complexity index is 3520. The van der Waals surface area contributed by atoms with E-state index in [-0.39, 0.29) is 47.0 Å². The Hall–Kier alpha value is -7.21. The van der Waals surface area contributed by atoms with Crippen LogP contribution in [0.2, 0.25) is 0 Å². The van der Waals surface area contributed by atoms with Crippen molar-refractivity contribution in [3.05, 3.63) is 194 Å². The third-order valence-corrected chi connectivity index (χ3v) is 11.5. The Kier molecular flexibility index (Phi) is 6.29. The zero-order chi connectivity index (χ0) is 42.2. The van der Waals surface area contributed by atoms with Gasteiger partial charge in [-0.3, -0.25) is 0 Å². The normalized spacial score (nSPS) is 13.1. The molecular formula is C51H32N4S. The monoisotopic (exact) mass is 738 g/mol. The number of thiophene rings is 1. The average molecular weight is 739 g/mol. The fourth-order valence-corrected chi connectivity index (χ4v) is 8.82. The van der Waals surface area contributed by atoms with Gasteiger partial charge in [-0.15, -0.1) is 11.3 Å². The van der Waals surface area contributed by atoms with Gasteiger partial charge < -0.3 is 4.57 Å². The lowest BCUT2D eigenvalue weighted by Gasteiger charge is -2.17. The van der Waals surface area contributed by atoms with Crippen molar-refractivity contribution < 1.29 is 8.22 Å². The number of fused-ring (bicyclic) bond motifs is 6. The molecule has 0 spiro atoms. The largest absolute Gasteiger partial charge is 0.309 e. The van der Waals surface area contributed by atoms with E-state index in [2.05, 4.69) is 48.5 Å². The summed E-state index contributed by atoms with van der Waals surface area (Å²) in [5.41, 5.74) is 7.37. The minimum absolute atomic E-state index is 0.0227. The van der Waals surface area contributed by atoms with Crippen LogP contribution in [-0.2, 0) is 0 Å². The molecule has 0 fully saturated rings. The highest BCUT2D eigenvalue weighted by Crippen LogP contribution is 2.44. The summed E-state index contributed by atoms with van der Waals surface area (Å²) in [6.07, 6.45) is 0. The van der Waals surface area contributed by atoms with E-state index in [1.807, 2.05) is 97.1 Å². The second-order valence-electron chi connectivity index (χ2n) is 13.5. The molecule has 11 rings (SSSR count). The molecule has 8 aromatic carbocycles. The van der Waals surface area contributed by atoms with Crippen LogP contribution in [0.25, 0.3) is 104 Å². The summed E-state index contributed by atoms with van der Waals surface area (Å²) in [6.45, 7) is 0. The molecular weight excluding hydrogens is 701 g/mol. The molecule has 0 saturated carbocycles.